The number of hydrogen-bond acceptors (Lipinski definition) is 2. The molecule has 0 heterocycles. The van der Waals surface area contributed by atoms with E-state index in [4.69, 9.17) is 6.42 Å². The van der Waals surface area contributed by atoms with E-state index in [1.807, 2.05) is 0 Å². The summed E-state index contributed by atoms with van der Waals surface area (Å²) in [4.78, 5) is 11.2. The van der Waals surface area contributed by atoms with Gasteiger partial charge in [0.25, 0.3) is 0 Å². The van der Waals surface area contributed by atoms with E-state index in [1.54, 1.807) is 30.5 Å². The van der Waals surface area contributed by atoms with E-state index in [-0.39, 0.29) is 27.5 Å². The van der Waals surface area contributed by atoms with Gasteiger partial charge >= 0.3 is 22.4 Å². The average Bonchev–Trinajstić information content (AvgIpc) is 2.86. The molecule has 0 amide bonds. The molecule has 0 fully saturated rings. The number of benzene rings is 4. The van der Waals surface area contributed by atoms with Gasteiger partial charge in [0.1, 0.15) is 0 Å². The molecule has 4 aromatic rings. The Bertz CT molecular complexity index is 1050. The van der Waals surface area contributed by atoms with Crippen molar-refractivity contribution in [1.29, 1.82) is 0 Å². The van der Waals surface area contributed by atoms with Crippen LogP contribution in [0.3, 0.4) is 0 Å². The third-order valence-electron chi connectivity index (χ3n) is 4.47. The van der Waals surface area contributed by atoms with E-state index in [1.165, 1.54) is 27.7 Å². The van der Waals surface area contributed by atoms with Crippen LogP contribution in [0.15, 0.2) is 115 Å². The van der Waals surface area contributed by atoms with Crippen LogP contribution in [0.2, 0.25) is 0 Å². The fraction of sp³-hybridized carbons (Fsp3) is 0.0357. The van der Waals surface area contributed by atoms with Crippen molar-refractivity contribution in [3.8, 4) is 5.92 Å². The third-order valence-corrected chi connectivity index (χ3v) is 7.52. The fourth-order valence-electron chi connectivity index (χ4n) is 3.02. The molecule has 162 valence electrons. The first-order valence-electron chi connectivity index (χ1n) is 9.79. The average molecular weight is 634 g/mol. The standard InChI is InChI=1S/C18H15P.C10H7OS.Au/c1-4-10-16(11-5-1)19(17-12-6-2-7-13-17)18-14-8-3-9-15-18;1-3-8-5-4-6-9(7-8)10(11)12-2;/h1-15H;4-7H,2H3;/q;-1;+1. The number of carbonyl (C=O) groups excluding carboxylic acids is 1. The van der Waals surface area contributed by atoms with Crippen molar-refractivity contribution in [2.45, 2.75) is 0 Å². The maximum absolute atomic E-state index is 11.2. The molecule has 0 saturated carbocycles. The summed E-state index contributed by atoms with van der Waals surface area (Å²) < 4.78 is 0. The second-order valence-electron chi connectivity index (χ2n) is 6.54. The van der Waals surface area contributed by atoms with Gasteiger partial charge in [-0.3, -0.25) is 10.7 Å². The molecule has 4 heteroatoms. The normalized spacial score (nSPS) is 9.66. The Morgan fingerprint density at radius 2 is 1.16 bits per heavy atom. The first kappa shape index (κ1) is 25.9. The zero-order valence-electron chi connectivity index (χ0n) is 17.5. The molecule has 0 atom stereocenters. The van der Waals surface area contributed by atoms with Crippen LogP contribution in [0.5, 0.6) is 0 Å². The van der Waals surface area contributed by atoms with Crippen molar-refractivity contribution in [3.05, 3.63) is 133 Å². The summed E-state index contributed by atoms with van der Waals surface area (Å²) in [5, 5.41) is 4.21. The Hall–Kier alpha value is -2.37. The van der Waals surface area contributed by atoms with Crippen LogP contribution in [-0.4, -0.2) is 11.4 Å². The Balaban J connectivity index is 0.000000244. The summed E-state index contributed by atoms with van der Waals surface area (Å²) in [5.41, 5.74) is 1.26. The van der Waals surface area contributed by atoms with E-state index in [2.05, 4.69) is 96.9 Å². The Labute approximate surface area is 211 Å². The van der Waals surface area contributed by atoms with Gasteiger partial charge in [-0.05, 0) is 30.1 Å². The van der Waals surface area contributed by atoms with Crippen LogP contribution in [0.1, 0.15) is 15.9 Å². The molecular formula is C28H22AuOPS. The van der Waals surface area contributed by atoms with Crippen molar-refractivity contribution in [1.82, 2.24) is 0 Å². The van der Waals surface area contributed by atoms with Crippen LogP contribution < -0.4 is 15.9 Å². The minimum Gasteiger partial charge on any atom is -0.366 e. The molecule has 0 saturated heterocycles. The predicted molar refractivity (Wildman–Crippen MR) is 136 cm³/mol. The summed E-state index contributed by atoms with van der Waals surface area (Å²) in [6, 6.07) is 39.2. The van der Waals surface area contributed by atoms with E-state index in [0.29, 0.717) is 11.1 Å². The van der Waals surface area contributed by atoms with Crippen LogP contribution in [-0.2, 0) is 22.4 Å². The van der Waals surface area contributed by atoms with Gasteiger partial charge < -0.3 is 6.42 Å². The topological polar surface area (TPSA) is 17.1 Å². The summed E-state index contributed by atoms with van der Waals surface area (Å²) in [6.45, 7) is 0. The summed E-state index contributed by atoms with van der Waals surface area (Å²) in [7, 11) is -0.446. The van der Waals surface area contributed by atoms with Gasteiger partial charge in [0.15, 0.2) is 0 Å². The molecule has 4 aromatic carbocycles. The van der Waals surface area contributed by atoms with Gasteiger partial charge in [0, 0.05) is 5.56 Å². The molecule has 0 aliphatic heterocycles. The quantitative estimate of drug-likeness (QED) is 0.127. The van der Waals surface area contributed by atoms with Crippen LogP contribution >= 0.6 is 19.7 Å². The Morgan fingerprint density at radius 1 is 0.719 bits per heavy atom. The molecule has 1 nitrogen and oxygen atoms in total. The molecule has 0 aromatic heterocycles. The third kappa shape index (κ3) is 7.35. The second kappa shape index (κ2) is 13.9. The van der Waals surface area contributed by atoms with Crippen molar-refractivity contribution in [3.63, 3.8) is 0 Å². The molecule has 0 radical (unpaired) electrons. The van der Waals surface area contributed by atoms with Crippen molar-refractivity contribution >= 4 is 40.7 Å². The zero-order chi connectivity index (χ0) is 21.9. The van der Waals surface area contributed by atoms with Gasteiger partial charge in [-0.1, -0.05) is 115 Å². The van der Waals surface area contributed by atoms with Gasteiger partial charge in [-0.15, -0.1) is 17.7 Å². The SMILES string of the molecule is [Au+].[C-]#Cc1cccc(C(=O)SC)c1.c1ccc(P(c2ccccc2)c2ccccc2)cc1. The smallest absolute Gasteiger partial charge is 0.366 e. The number of rotatable bonds is 4. The largest absolute Gasteiger partial charge is 1.00 e. The van der Waals surface area contributed by atoms with Crippen LogP contribution in [0.25, 0.3) is 0 Å². The summed E-state index contributed by atoms with van der Waals surface area (Å²) >= 11 is 1.17. The fourth-order valence-corrected chi connectivity index (χ4v) is 5.69. The van der Waals surface area contributed by atoms with E-state index < -0.39 is 7.92 Å². The molecule has 0 bridgehead atoms. The van der Waals surface area contributed by atoms with E-state index in [9.17, 15) is 4.79 Å². The monoisotopic (exact) mass is 634 g/mol. The minimum absolute atomic E-state index is 0. The van der Waals surface area contributed by atoms with Crippen molar-refractivity contribution in [2.75, 3.05) is 6.26 Å². The van der Waals surface area contributed by atoms with Crippen molar-refractivity contribution in [2.24, 2.45) is 0 Å². The summed E-state index contributed by atoms with van der Waals surface area (Å²) in [5.74, 6) is 2.23. The maximum atomic E-state index is 11.2. The zero-order valence-corrected chi connectivity index (χ0v) is 21.4. The first-order valence-corrected chi connectivity index (χ1v) is 12.4. The molecule has 0 aliphatic rings. The van der Waals surface area contributed by atoms with Crippen molar-refractivity contribution < 1.29 is 27.2 Å². The molecule has 32 heavy (non-hydrogen) atoms. The maximum Gasteiger partial charge on any atom is 1.00 e. The van der Waals surface area contributed by atoms with Gasteiger partial charge in [0.05, 0.1) is 0 Å². The number of hydrogen-bond donors (Lipinski definition) is 0. The molecule has 0 N–H and O–H groups in total. The molecule has 0 aliphatic carbocycles. The molecule has 0 unspecified atom stereocenters. The van der Waals surface area contributed by atoms with Gasteiger partial charge in [-0.2, -0.15) is 0 Å². The Kier molecular flexibility index (Phi) is 11.3. The minimum atomic E-state index is -0.446. The molecule has 0 spiro atoms. The predicted octanol–water partition coefficient (Wildman–Crippen LogP) is 5.57. The number of carbonyl (C=O) groups is 1. The van der Waals surface area contributed by atoms with E-state index in [0.717, 1.165) is 0 Å². The Morgan fingerprint density at radius 3 is 1.53 bits per heavy atom. The first-order chi connectivity index (χ1) is 15.2. The van der Waals surface area contributed by atoms with Crippen LogP contribution in [0.4, 0.5) is 0 Å². The van der Waals surface area contributed by atoms with Crippen LogP contribution in [0, 0.1) is 12.3 Å². The number of thioether (sulfide) groups is 1. The summed E-state index contributed by atoms with van der Waals surface area (Å²) in [6.07, 6.45) is 8.61. The van der Waals surface area contributed by atoms with Gasteiger partial charge in [0.2, 0.25) is 5.12 Å². The molecular weight excluding hydrogens is 612 g/mol. The molecule has 4 rings (SSSR count). The van der Waals surface area contributed by atoms with E-state index >= 15 is 0 Å². The van der Waals surface area contributed by atoms with Gasteiger partial charge in [-0.25, -0.2) is 0 Å². The second-order valence-corrected chi connectivity index (χ2v) is 9.54.